The smallest absolute Gasteiger partial charge is 0.315 e. The summed E-state index contributed by atoms with van der Waals surface area (Å²) in [7, 11) is 0. The third kappa shape index (κ3) is 4.51. The summed E-state index contributed by atoms with van der Waals surface area (Å²) in [6, 6.07) is 0.388. The van der Waals surface area contributed by atoms with Crippen molar-refractivity contribution in [3.8, 4) is 0 Å². The van der Waals surface area contributed by atoms with Gasteiger partial charge in [-0.2, -0.15) is 0 Å². The lowest BCUT2D eigenvalue weighted by atomic mass is 10.1. The van der Waals surface area contributed by atoms with Crippen LogP contribution in [0.15, 0.2) is 0 Å². The van der Waals surface area contributed by atoms with Gasteiger partial charge >= 0.3 is 6.03 Å². The second-order valence-corrected chi connectivity index (χ2v) is 4.28. The zero-order valence-electron chi connectivity index (χ0n) is 9.94. The summed E-state index contributed by atoms with van der Waals surface area (Å²) in [6.45, 7) is 8.63. The van der Waals surface area contributed by atoms with Gasteiger partial charge in [-0.1, -0.05) is 6.92 Å². The number of amides is 2. The zero-order chi connectivity index (χ0) is 11.1. The second kappa shape index (κ2) is 6.67. The third-order valence-electron chi connectivity index (χ3n) is 3.06. The lowest BCUT2D eigenvalue weighted by Crippen LogP contribution is -3.13. The summed E-state index contributed by atoms with van der Waals surface area (Å²) in [5.41, 5.74) is 0. The minimum Gasteiger partial charge on any atom is -0.338 e. The molecule has 0 unspecified atom stereocenters. The molecule has 4 heteroatoms. The third-order valence-corrected chi connectivity index (χ3v) is 3.06. The normalized spacial score (nSPS) is 26.0. The Kier molecular flexibility index (Phi) is 5.47. The molecule has 0 atom stereocenters. The van der Waals surface area contributed by atoms with E-state index in [9.17, 15) is 4.79 Å². The van der Waals surface area contributed by atoms with Crippen LogP contribution >= 0.6 is 0 Å². The first-order valence-corrected chi connectivity index (χ1v) is 6.14. The van der Waals surface area contributed by atoms with Crippen molar-refractivity contribution in [2.24, 2.45) is 0 Å². The number of likely N-dealkylation sites (tertiary alicyclic amines) is 1. The van der Waals surface area contributed by atoms with Gasteiger partial charge in [-0.05, 0) is 13.3 Å². The van der Waals surface area contributed by atoms with Crippen molar-refractivity contribution in [1.82, 2.24) is 10.6 Å². The number of urea groups is 1. The maximum atomic E-state index is 11.4. The Morgan fingerprint density at radius 1 is 1.33 bits per heavy atom. The van der Waals surface area contributed by atoms with E-state index in [-0.39, 0.29) is 6.03 Å². The largest absolute Gasteiger partial charge is 0.338 e. The quantitative estimate of drug-likeness (QED) is 0.594. The molecule has 0 radical (unpaired) electrons. The Hall–Kier alpha value is -0.770. The van der Waals surface area contributed by atoms with Gasteiger partial charge in [0.2, 0.25) is 0 Å². The van der Waals surface area contributed by atoms with E-state index in [2.05, 4.69) is 24.5 Å². The van der Waals surface area contributed by atoms with E-state index in [0.29, 0.717) is 6.04 Å². The Labute approximate surface area is 92.4 Å². The Balaban J connectivity index is 2.15. The molecule has 1 saturated heterocycles. The number of nitrogens with one attached hydrogen (secondary N) is 3. The van der Waals surface area contributed by atoms with E-state index in [4.69, 9.17) is 0 Å². The fourth-order valence-corrected chi connectivity index (χ4v) is 2.00. The summed E-state index contributed by atoms with van der Waals surface area (Å²) in [4.78, 5) is 13.0. The summed E-state index contributed by atoms with van der Waals surface area (Å²) in [6.07, 6.45) is 3.22. The van der Waals surface area contributed by atoms with Crippen LogP contribution < -0.4 is 15.5 Å². The number of hydrogen-bond donors (Lipinski definition) is 3. The minimum absolute atomic E-state index is 0.00167. The summed E-state index contributed by atoms with van der Waals surface area (Å²) < 4.78 is 0. The van der Waals surface area contributed by atoms with Crippen molar-refractivity contribution in [2.75, 3.05) is 26.2 Å². The first-order valence-electron chi connectivity index (χ1n) is 6.14. The summed E-state index contributed by atoms with van der Waals surface area (Å²) >= 11 is 0. The van der Waals surface area contributed by atoms with Gasteiger partial charge in [-0.25, -0.2) is 4.79 Å². The molecule has 88 valence electrons. The Morgan fingerprint density at radius 3 is 2.53 bits per heavy atom. The van der Waals surface area contributed by atoms with E-state index in [1.54, 1.807) is 4.90 Å². The molecule has 0 aliphatic carbocycles. The first kappa shape index (κ1) is 12.3. The highest BCUT2D eigenvalue weighted by Gasteiger charge is 2.21. The van der Waals surface area contributed by atoms with Gasteiger partial charge in [0.25, 0.3) is 0 Å². The molecule has 0 bridgehead atoms. The van der Waals surface area contributed by atoms with Gasteiger partial charge in [0.05, 0.1) is 19.6 Å². The average molecular weight is 214 g/mol. The van der Waals surface area contributed by atoms with Crippen LogP contribution in [0.5, 0.6) is 0 Å². The van der Waals surface area contributed by atoms with Crippen LogP contribution in [0.25, 0.3) is 0 Å². The molecule has 1 rings (SSSR count). The molecular weight excluding hydrogens is 190 g/mol. The highest BCUT2D eigenvalue weighted by atomic mass is 16.2. The van der Waals surface area contributed by atoms with Crippen LogP contribution in [-0.2, 0) is 0 Å². The molecule has 15 heavy (non-hydrogen) atoms. The van der Waals surface area contributed by atoms with E-state index in [0.717, 1.165) is 25.8 Å². The molecule has 0 spiro atoms. The van der Waals surface area contributed by atoms with Crippen molar-refractivity contribution in [3.63, 3.8) is 0 Å². The molecule has 0 saturated carbocycles. The second-order valence-electron chi connectivity index (χ2n) is 4.28. The molecule has 3 N–H and O–H groups in total. The number of quaternary nitrogens is 1. The SMILES string of the molecule is CCCNC(=O)NC1CC[NH+](CC)CC1. The predicted octanol–water partition coefficient (Wildman–Crippen LogP) is -0.237. The zero-order valence-corrected chi connectivity index (χ0v) is 9.94. The molecule has 0 aromatic carbocycles. The average Bonchev–Trinajstić information content (AvgIpc) is 2.27. The van der Waals surface area contributed by atoms with E-state index >= 15 is 0 Å². The van der Waals surface area contributed by atoms with Crippen LogP contribution in [0.1, 0.15) is 33.1 Å². The van der Waals surface area contributed by atoms with Crippen LogP contribution in [-0.4, -0.2) is 38.3 Å². The highest BCUT2D eigenvalue weighted by Crippen LogP contribution is 1.98. The van der Waals surface area contributed by atoms with Crippen molar-refractivity contribution >= 4 is 6.03 Å². The fourth-order valence-electron chi connectivity index (χ4n) is 2.00. The number of carbonyl (C=O) groups excluding carboxylic acids is 1. The van der Waals surface area contributed by atoms with Crippen LogP contribution in [0.4, 0.5) is 4.79 Å². The van der Waals surface area contributed by atoms with Crippen molar-refractivity contribution in [1.29, 1.82) is 0 Å². The van der Waals surface area contributed by atoms with Gasteiger partial charge in [-0.3, -0.25) is 0 Å². The van der Waals surface area contributed by atoms with Crippen LogP contribution in [0.3, 0.4) is 0 Å². The molecule has 0 aromatic heterocycles. The van der Waals surface area contributed by atoms with E-state index in [1.807, 2.05) is 0 Å². The van der Waals surface area contributed by atoms with E-state index in [1.165, 1.54) is 19.6 Å². The van der Waals surface area contributed by atoms with Crippen LogP contribution in [0, 0.1) is 0 Å². The Morgan fingerprint density at radius 2 is 2.00 bits per heavy atom. The van der Waals surface area contributed by atoms with Gasteiger partial charge in [0.1, 0.15) is 0 Å². The molecule has 1 fully saturated rings. The number of piperidine rings is 1. The molecule has 2 amide bonds. The molecule has 4 nitrogen and oxygen atoms in total. The summed E-state index contributed by atoms with van der Waals surface area (Å²) in [5, 5.41) is 5.88. The van der Waals surface area contributed by atoms with Gasteiger partial charge in [0, 0.05) is 25.4 Å². The number of hydrogen-bond acceptors (Lipinski definition) is 1. The standard InChI is InChI=1S/C11H23N3O/c1-3-7-12-11(15)13-10-5-8-14(4-2)9-6-10/h10H,3-9H2,1-2H3,(H2,12,13,15)/p+1. The maximum Gasteiger partial charge on any atom is 0.315 e. The molecule has 1 heterocycles. The number of rotatable bonds is 4. The van der Waals surface area contributed by atoms with Gasteiger partial charge < -0.3 is 15.5 Å². The van der Waals surface area contributed by atoms with Crippen LogP contribution in [0.2, 0.25) is 0 Å². The molecular formula is C11H24N3O+. The maximum absolute atomic E-state index is 11.4. The predicted molar refractivity (Wildman–Crippen MR) is 61.1 cm³/mol. The van der Waals surface area contributed by atoms with Gasteiger partial charge in [-0.15, -0.1) is 0 Å². The monoisotopic (exact) mass is 214 g/mol. The highest BCUT2D eigenvalue weighted by molar-refractivity contribution is 5.74. The van der Waals surface area contributed by atoms with E-state index < -0.39 is 0 Å². The molecule has 0 aromatic rings. The Bertz CT molecular complexity index is 188. The lowest BCUT2D eigenvalue weighted by Gasteiger charge is -2.28. The molecule has 1 aliphatic heterocycles. The van der Waals surface area contributed by atoms with Gasteiger partial charge in [0.15, 0.2) is 0 Å². The van der Waals surface area contributed by atoms with Crippen molar-refractivity contribution in [3.05, 3.63) is 0 Å². The first-order chi connectivity index (χ1) is 7.26. The number of carbonyl (C=O) groups is 1. The lowest BCUT2D eigenvalue weighted by molar-refractivity contribution is -0.903. The summed E-state index contributed by atoms with van der Waals surface area (Å²) in [5.74, 6) is 0. The topological polar surface area (TPSA) is 45.6 Å². The van der Waals surface area contributed by atoms with Crippen molar-refractivity contribution in [2.45, 2.75) is 39.2 Å². The molecule has 1 aliphatic rings. The fraction of sp³-hybridized carbons (Fsp3) is 0.909. The minimum atomic E-state index is 0.00167. The van der Waals surface area contributed by atoms with Crippen molar-refractivity contribution < 1.29 is 9.69 Å².